The van der Waals surface area contributed by atoms with Crippen molar-refractivity contribution in [1.29, 1.82) is 5.26 Å². The number of nitrogens with two attached hydrogens (primary N) is 1. The molecule has 0 amide bonds. The van der Waals surface area contributed by atoms with E-state index in [9.17, 15) is 0 Å². The fraction of sp³-hybridized carbons (Fsp3) is 0.188. The minimum Gasteiger partial charge on any atom is -0.399 e. The molecule has 3 nitrogen and oxygen atoms in total. The van der Waals surface area contributed by atoms with Crippen molar-refractivity contribution in [1.82, 2.24) is 0 Å². The topological polar surface area (TPSA) is 53.0 Å². The summed E-state index contributed by atoms with van der Waals surface area (Å²) in [5, 5.41) is 8.94. The zero-order chi connectivity index (χ0) is 13.2. The summed E-state index contributed by atoms with van der Waals surface area (Å²) in [7, 11) is 0. The Labute approximate surface area is 112 Å². The van der Waals surface area contributed by atoms with Gasteiger partial charge < -0.3 is 10.6 Å². The Morgan fingerprint density at radius 3 is 2.95 bits per heavy atom. The van der Waals surface area contributed by atoms with Crippen LogP contribution in [0, 0.1) is 11.3 Å². The Kier molecular flexibility index (Phi) is 2.85. The molecule has 3 rings (SSSR count). The van der Waals surface area contributed by atoms with Gasteiger partial charge >= 0.3 is 0 Å². The number of anilines is 2. The summed E-state index contributed by atoms with van der Waals surface area (Å²) in [4.78, 5) is 2.32. The highest BCUT2D eigenvalue weighted by Crippen LogP contribution is 2.31. The fourth-order valence-corrected chi connectivity index (χ4v) is 2.59. The molecule has 2 N–H and O–H groups in total. The van der Waals surface area contributed by atoms with Crippen LogP contribution in [0.4, 0.5) is 11.4 Å². The van der Waals surface area contributed by atoms with E-state index in [4.69, 9.17) is 11.0 Å². The minimum absolute atomic E-state index is 0.712. The van der Waals surface area contributed by atoms with Crippen LogP contribution >= 0.6 is 0 Å². The van der Waals surface area contributed by atoms with Gasteiger partial charge in [-0.2, -0.15) is 5.26 Å². The molecule has 0 fully saturated rings. The molecule has 0 aliphatic carbocycles. The molecule has 19 heavy (non-hydrogen) atoms. The second-order valence-electron chi connectivity index (χ2n) is 4.87. The maximum Gasteiger partial charge on any atom is 0.0991 e. The number of benzene rings is 2. The van der Waals surface area contributed by atoms with Gasteiger partial charge in [0.25, 0.3) is 0 Å². The molecule has 94 valence electrons. The molecule has 0 saturated heterocycles. The van der Waals surface area contributed by atoms with E-state index in [1.54, 1.807) is 0 Å². The third kappa shape index (κ3) is 2.25. The van der Waals surface area contributed by atoms with Crippen LogP contribution in [0.25, 0.3) is 0 Å². The maximum atomic E-state index is 8.94. The van der Waals surface area contributed by atoms with E-state index in [1.165, 1.54) is 11.3 Å². The van der Waals surface area contributed by atoms with Crippen molar-refractivity contribution in [2.24, 2.45) is 0 Å². The standard InChI is InChI=1S/C16H15N3/c17-10-12-2-1-3-13(8-12)11-19-7-6-14-4-5-15(18)9-16(14)19/h1-5,8-9H,6-7,11,18H2. The first-order chi connectivity index (χ1) is 9.26. The van der Waals surface area contributed by atoms with Crippen LogP contribution in [-0.4, -0.2) is 6.54 Å². The first-order valence-corrected chi connectivity index (χ1v) is 6.38. The van der Waals surface area contributed by atoms with Crippen molar-refractivity contribution in [2.45, 2.75) is 13.0 Å². The summed E-state index contributed by atoms with van der Waals surface area (Å²) in [6.07, 6.45) is 1.06. The van der Waals surface area contributed by atoms with Gasteiger partial charge in [-0.1, -0.05) is 18.2 Å². The molecule has 0 bridgehead atoms. The number of hydrogen-bond acceptors (Lipinski definition) is 3. The summed E-state index contributed by atoms with van der Waals surface area (Å²) < 4.78 is 0. The first-order valence-electron chi connectivity index (χ1n) is 6.38. The summed E-state index contributed by atoms with van der Waals surface area (Å²) in [6, 6.07) is 16.1. The average molecular weight is 249 g/mol. The van der Waals surface area contributed by atoms with Crippen LogP contribution in [0.3, 0.4) is 0 Å². The van der Waals surface area contributed by atoms with Crippen molar-refractivity contribution in [3.05, 3.63) is 59.2 Å². The Morgan fingerprint density at radius 1 is 1.21 bits per heavy atom. The van der Waals surface area contributed by atoms with Gasteiger partial charge in [-0.3, -0.25) is 0 Å². The third-order valence-electron chi connectivity index (χ3n) is 3.53. The van der Waals surface area contributed by atoms with Crippen LogP contribution in [0.5, 0.6) is 0 Å². The predicted molar refractivity (Wildman–Crippen MR) is 76.8 cm³/mol. The molecule has 1 aliphatic heterocycles. The summed E-state index contributed by atoms with van der Waals surface area (Å²) in [5.74, 6) is 0. The largest absolute Gasteiger partial charge is 0.399 e. The average Bonchev–Trinajstić information content (AvgIpc) is 2.81. The van der Waals surface area contributed by atoms with Crippen LogP contribution in [0.1, 0.15) is 16.7 Å². The Balaban J connectivity index is 1.86. The quantitative estimate of drug-likeness (QED) is 0.832. The fourth-order valence-electron chi connectivity index (χ4n) is 2.59. The van der Waals surface area contributed by atoms with E-state index in [2.05, 4.69) is 23.1 Å². The Hall–Kier alpha value is -2.47. The van der Waals surface area contributed by atoms with Crippen molar-refractivity contribution in [3.8, 4) is 6.07 Å². The molecule has 0 aromatic heterocycles. The first kappa shape index (κ1) is 11.6. The molecular formula is C16H15N3. The third-order valence-corrected chi connectivity index (χ3v) is 3.53. The molecule has 0 unspecified atom stereocenters. The number of fused-ring (bicyclic) bond motifs is 1. The lowest BCUT2D eigenvalue weighted by molar-refractivity contribution is 0.836. The minimum atomic E-state index is 0.712. The van der Waals surface area contributed by atoms with Crippen LogP contribution in [0.15, 0.2) is 42.5 Å². The number of nitriles is 1. The lowest BCUT2D eigenvalue weighted by Gasteiger charge is -2.19. The zero-order valence-electron chi connectivity index (χ0n) is 10.6. The number of nitrogens with zero attached hydrogens (tertiary/aromatic N) is 2. The van der Waals surface area contributed by atoms with E-state index in [-0.39, 0.29) is 0 Å². The molecule has 0 atom stereocenters. The monoisotopic (exact) mass is 249 g/mol. The van der Waals surface area contributed by atoms with E-state index < -0.39 is 0 Å². The van der Waals surface area contributed by atoms with Gasteiger partial charge in [-0.25, -0.2) is 0 Å². The van der Waals surface area contributed by atoms with Gasteiger partial charge in [0.2, 0.25) is 0 Å². The maximum absolute atomic E-state index is 8.94. The SMILES string of the molecule is N#Cc1cccc(CN2CCc3ccc(N)cc32)c1. The van der Waals surface area contributed by atoms with Gasteiger partial charge in [0, 0.05) is 24.5 Å². The van der Waals surface area contributed by atoms with Crippen LogP contribution < -0.4 is 10.6 Å². The number of nitrogen functional groups attached to an aromatic ring is 1. The van der Waals surface area contributed by atoms with Crippen molar-refractivity contribution in [3.63, 3.8) is 0 Å². The molecular weight excluding hydrogens is 234 g/mol. The highest BCUT2D eigenvalue weighted by molar-refractivity contribution is 5.64. The second-order valence-corrected chi connectivity index (χ2v) is 4.87. The molecule has 1 heterocycles. The Morgan fingerprint density at radius 2 is 2.11 bits per heavy atom. The molecule has 2 aromatic rings. The molecule has 0 spiro atoms. The van der Waals surface area contributed by atoms with E-state index >= 15 is 0 Å². The molecule has 0 radical (unpaired) electrons. The van der Waals surface area contributed by atoms with Crippen molar-refractivity contribution >= 4 is 11.4 Å². The number of hydrogen-bond donors (Lipinski definition) is 1. The van der Waals surface area contributed by atoms with Gasteiger partial charge in [0.15, 0.2) is 0 Å². The second kappa shape index (κ2) is 4.66. The van der Waals surface area contributed by atoms with Crippen LogP contribution in [-0.2, 0) is 13.0 Å². The highest BCUT2D eigenvalue weighted by Gasteiger charge is 2.19. The van der Waals surface area contributed by atoms with Crippen molar-refractivity contribution < 1.29 is 0 Å². The summed E-state index contributed by atoms with van der Waals surface area (Å²) in [6.45, 7) is 1.83. The van der Waals surface area contributed by atoms with E-state index in [0.717, 1.165) is 30.8 Å². The number of rotatable bonds is 2. The van der Waals surface area contributed by atoms with E-state index in [1.807, 2.05) is 30.3 Å². The lowest BCUT2D eigenvalue weighted by atomic mass is 10.1. The Bertz CT molecular complexity index is 655. The van der Waals surface area contributed by atoms with Crippen LogP contribution in [0.2, 0.25) is 0 Å². The normalized spacial score (nSPS) is 13.1. The van der Waals surface area contributed by atoms with Gasteiger partial charge in [0.05, 0.1) is 11.6 Å². The molecule has 3 heteroatoms. The molecule has 1 aliphatic rings. The molecule has 2 aromatic carbocycles. The van der Waals surface area contributed by atoms with Crippen molar-refractivity contribution in [2.75, 3.05) is 17.2 Å². The lowest BCUT2D eigenvalue weighted by Crippen LogP contribution is -2.19. The highest BCUT2D eigenvalue weighted by atomic mass is 15.1. The summed E-state index contributed by atoms with van der Waals surface area (Å²) >= 11 is 0. The zero-order valence-corrected chi connectivity index (χ0v) is 10.6. The van der Waals surface area contributed by atoms with E-state index in [0.29, 0.717) is 5.56 Å². The smallest absolute Gasteiger partial charge is 0.0991 e. The predicted octanol–water partition coefficient (Wildman–Crippen LogP) is 2.70. The van der Waals surface area contributed by atoms with Gasteiger partial charge in [-0.15, -0.1) is 0 Å². The van der Waals surface area contributed by atoms with Gasteiger partial charge in [-0.05, 0) is 41.8 Å². The van der Waals surface area contributed by atoms with Gasteiger partial charge in [0.1, 0.15) is 0 Å². The summed E-state index contributed by atoms with van der Waals surface area (Å²) in [5.41, 5.74) is 11.1. The molecule has 0 saturated carbocycles.